The number of H-pyrrole nitrogens is 1. The Hall–Kier alpha value is -2.90. The first-order valence-corrected chi connectivity index (χ1v) is 11.0. The van der Waals surface area contributed by atoms with E-state index in [4.69, 9.17) is 4.74 Å². The highest BCUT2D eigenvalue weighted by Crippen LogP contribution is 2.22. The van der Waals surface area contributed by atoms with Gasteiger partial charge in [0.1, 0.15) is 23.2 Å². The minimum absolute atomic E-state index is 0.480. The van der Waals surface area contributed by atoms with Crippen LogP contribution in [0.3, 0.4) is 0 Å². The molecule has 0 unspecified atom stereocenters. The third-order valence-corrected chi connectivity index (χ3v) is 5.80. The maximum Gasteiger partial charge on any atom is 0.209 e. The lowest BCUT2D eigenvalue weighted by Crippen LogP contribution is -1.95. The second kappa shape index (κ2) is 9.54. The van der Waals surface area contributed by atoms with Crippen LogP contribution in [0.1, 0.15) is 27.7 Å². The summed E-state index contributed by atoms with van der Waals surface area (Å²) in [5.74, 6) is 2.32. The first-order valence-electron chi connectivity index (χ1n) is 9.16. The minimum Gasteiger partial charge on any atom is -0.486 e. The Morgan fingerprint density at radius 2 is 1.86 bits per heavy atom. The summed E-state index contributed by atoms with van der Waals surface area (Å²) < 4.78 is 5.79. The molecule has 0 amide bonds. The summed E-state index contributed by atoms with van der Waals surface area (Å²) in [6.07, 6.45) is 3.94. The third-order valence-electron chi connectivity index (χ3n) is 4.05. The molecule has 1 N–H and O–H groups in total. The van der Waals surface area contributed by atoms with Gasteiger partial charge in [-0.2, -0.15) is 0 Å². The number of rotatable bonds is 8. The fourth-order valence-corrected chi connectivity index (χ4v) is 4.04. The summed E-state index contributed by atoms with van der Waals surface area (Å²) >= 11 is 3.17. The van der Waals surface area contributed by atoms with Crippen molar-refractivity contribution in [1.82, 2.24) is 20.2 Å². The van der Waals surface area contributed by atoms with Gasteiger partial charge in [0.25, 0.3) is 0 Å². The molecule has 0 saturated heterocycles. The predicted molar refractivity (Wildman–Crippen MR) is 119 cm³/mol. The molecule has 0 aliphatic carbocycles. The van der Waals surface area contributed by atoms with Crippen LogP contribution >= 0.6 is 23.1 Å². The molecule has 146 valence electrons. The van der Waals surface area contributed by atoms with Crippen molar-refractivity contribution in [3.63, 3.8) is 0 Å². The van der Waals surface area contributed by atoms with Crippen LogP contribution in [-0.4, -0.2) is 20.2 Å². The second-order valence-corrected chi connectivity index (χ2v) is 8.26. The van der Waals surface area contributed by atoms with Crippen molar-refractivity contribution in [2.45, 2.75) is 24.4 Å². The third kappa shape index (κ3) is 5.79. The lowest BCUT2D eigenvalue weighted by Gasteiger charge is -2.03. The van der Waals surface area contributed by atoms with Gasteiger partial charge in [-0.1, -0.05) is 65.9 Å². The first-order chi connectivity index (χ1) is 14.2. The average molecular weight is 421 g/mol. The van der Waals surface area contributed by atoms with E-state index in [-0.39, 0.29) is 0 Å². The van der Waals surface area contributed by atoms with Gasteiger partial charge in [-0.15, -0.1) is 16.4 Å². The van der Waals surface area contributed by atoms with Crippen LogP contribution in [0.25, 0.3) is 12.2 Å². The lowest BCUT2D eigenvalue weighted by atomic mass is 10.2. The van der Waals surface area contributed by atoms with E-state index in [0.29, 0.717) is 11.8 Å². The van der Waals surface area contributed by atoms with Crippen LogP contribution < -0.4 is 4.74 Å². The number of thioether (sulfide) groups is 1. The van der Waals surface area contributed by atoms with Gasteiger partial charge in [-0.3, -0.25) is 5.10 Å². The van der Waals surface area contributed by atoms with Gasteiger partial charge in [-0.25, -0.2) is 9.97 Å². The first kappa shape index (κ1) is 19.4. The Bertz CT molecular complexity index is 1070. The zero-order chi connectivity index (χ0) is 19.9. The molecule has 2 aromatic heterocycles. The summed E-state index contributed by atoms with van der Waals surface area (Å²) in [5.41, 5.74) is 3.35. The monoisotopic (exact) mass is 420 g/mol. The molecular weight excluding hydrogens is 400 g/mol. The van der Waals surface area contributed by atoms with Crippen LogP contribution in [0.4, 0.5) is 0 Å². The zero-order valence-corrected chi connectivity index (χ0v) is 17.5. The van der Waals surface area contributed by atoms with Crippen molar-refractivity contribution in [1.29, 1.82) is 0 Å². The smallest absolute Gasteiger partial charge is 0.209 e. The quantitative estimate of drug-likeness (QED) is 0.375. The van der Waals surface area contributed by atoms with Crippen LogP contribution in [0, 0.1) is 6.92 Å². The molecule has 0 aliphatic rings. The Labute approximate surface area is 177 Å². The molecular formula is C22H20N4OS2. The Balaban J connectivity index is 1.27. The van der Waals surface area contributed by atoms with Gasteiger partial charge < -0.3 is 4.74 Å². The van der Waals surface area contributed by atoms with Gasteiger partial charge in [0.15, 0.2) is 0 Å². The summed E-state index contributed by atoms with van der Waals surface area (Å²) in [5, 5.41) is 10.9. The van der Waals surface area contributed by atoms with E-state index < -0.39 is 0 Å². The fourth-order valence-electron chi connectivity index (χ4n) is 2.54. The van der Waals surface area contributed by atoms with E-state index in [2.05, 4.69) is 32.5 Å². The average Bonchev–Trinajstić information content (AvgIpc) is 3.40. The Morgan fingerprint density at radius 3 is 2.69 bits per heavy atom. The highest BCUT2D eigenvalue weighted by Gasteiger charge is 2.07. The number of ether oxygens (including phenoxy) is 1. The number of hydrogen-bond acceptors (Lipinski definition) is 6. The molecule has 5 nitrogen and oxygen atoms in total. The molecule has 2 heterocycles. The number of hydrogen-bond donors (Lipinski definition) is 1. The molecule has 7 heteroatoms. The van der Waals surface area contributed by atoms with E-state index >= 15 is 0 Å². The maximum atomic E-state index is 5.79. The zero-order valence-electron chi connectivity index (χ0n) is 15.9. The topological polar surface area (TPSA) is 63.7 Å². The van der Waals surface area contributed by atoms with Crippen molar-refractivity contribution in [3.05, 3.63) is 87.6 Å². The van der Waals surface area contributed by atoms with Crippen LogP contribution in [0.5, 0.6) is 5.75 Å². The van der Waals surface area contributed by atoms with Crippen molar-refractivity contribution in [3.8, 4) is 5.75 Å². The minimum atomic E-state index is 0.480. The fraction of sp³-hybridized carbons (Fsp3) is 0.136. The Kier molecular flexibility index (Phi) is 6.38. The van der Waals surface area contributed by atoms with E-state index in [1.807, 2.05) is 66.7 Å². The molecule has 29 heavy (non-hydrogen) atoms. The normalized spacial score (nSPS) is 11.2. The number of thiazole rings is 1. The van der Waals surface area contributed by atoms with Crippen molar-refractivity contribution < 1.29 is 4.74 Å². The van der Waals surface area contributed by atoms with Crippen molar-refractivity contribution >= 4 is 35.3 Å². The highest BCUT2D eigenvalue weighted by atomic mass is 32.2. The summed E-state index contributed by atoms with van der Waals surface area (Å²) in [7, 11) is 0. The van der Waals surface area contributed by atoms with Gasteiger partial charge in [0.05, 0.1) is 5.69 Å². The molecule has 0 aliphatic heterocycles. The molecule has 0 atom stereocenters. The molecule has 4 aromatic rings. The molecule has 4 rings (SSSR count). The highest BCUT2D eigenvalue weighted by molar-refractivity contribution is 7.98. The standard InChI is InChI=1S/C22H20N4OS2/c1-16-7-10-19(11-8-16)27-13-21-23-18(14-28-21)15-29-22-24-20(25-26-22)12-9-17-5-3-2-4-6-17/h2-12,14H,13,15H2,1H3,(H,24,25,26)/b12-9+. The van der Waals surface area contributed by atoms with E-state index in [1.165, 1.54) is 5.56 Å². The largest absolute Gasteiger partial charge is 0.486 e. The van der Waals surface area contributed by atoms with Crippen molar-refractivity contribution in [2.75, 3.05) is 0 Å². The Morgan fingerprint density at radius 1 is 1.03 bits per heavy atom. The van der Waals surface area contributed by atoms with Gasteiger partial charge in [0.2, 0.25) is 5.16 Å². The van der Waals surface area contributed by atoms with E-state index in [0.717, 1.165) is 33.6 Å². The molecule has 0 saturated carbocycles. The lowest BCUT2D eigenvalue weighted by molar-refractivity contribution is 0.305. The van der Waals surface area contributed by atoms with Crippen LogP contribution in [0.15, 0.2) is 65.1 Å². The number of benzene rings is 2. The molecule has 0 spiro atoms. The SMILES string of the molecule is Cc1ccc(OCc2nc(CSc3n[nH]c(/C=C/c4ccccc4)n3)cs2)cc1. The second-order valence-electron chi connectivity index (χ2n) is 6.37. The van der Waals surface area contributed by atoms with Gasteiger partial charge in [-0.05, 0) is 30.7 Å². The number of aromatic nitrogens is 4. The van der Waals surface area contributed by atoms with E-state index in [9.17, 15) is 0 Å². The number of nitrogens with one attached hydrogen (secondary N) is 1. The molecule has 0 bridgehead atoms. The summed E-state index contributed by atoms with van der Waals surface area (Å²) in [6.45, 7) is 2.54. The number of nitrogens with zero attached hydrogens (tertiary/aromatic N) is 3. The van der Waals surface area contributed by atoms with E-state index in [1.54, 1.807) is 23.1 Å². The van der Waals surface area contributed by atoms with Crippen molar-refractivity contribution in [2.24, 2.45) is 0 Å². The van der Waals surface area contributed by atoms with Gasteiger partial charge in [0, 0.05) is 11.1 Å². The molecule has 0 fully saturated rings. The predicted octanol–water partition coefficient (Wildman–Crippen LogP) is 5.61. The molecule has 2 aromatic carbocycles. The number of aryl methyl sites for hydroxylation is 1. The van der Waals surface area contributed by atoms with Gasteiger partial charge >= 0.3 is 0 Å². The number of aromatic amines is 1. The maximum absolute atomic E-state index is 5.79. The van der Waals surface area contributed by atoms with Crippen LogP contribution in [-0.2, 0) is 12.4 Å². The molecule has 0 radical (unpaired) electrons. The summed E-state index contributed by atoms with van der Waals surface area (Å²) in [6, 6.07) is 18.2. The van der Waals surface area contributed by atoms with Crippen LogP contribution in [0.2, 0.25) is 0 Å². The summed E-state index contributed by atoms with van der Waals surface area (Å²) in [4.78, 5) is 9.12.